The third kappa shape index (κ3) is 2.79. The maximum absolute atomic E-state index is 11.5. The molecule has 1 fully saturated rings. The van der Waals surface area contributed by atoms with Crippen molar-refractivity contribution in [2.24, 2.45) is 0 Å². The molecule has 2 heterocycles. The summed E-state index contributed by atoms with van der Waals surface area (Å²) in [6.45, 7) is 1.75. The molecule has 1 aliphatic heterocycles. The minimum atomic E-state index is -0.0835. The molecule has 0 spiro atoms. The predicted molar refractivity (Wildman–Crippen MR) is 56.6 cm³/mol. The van der Waals surface area contributed by atoms with Gasteiger partial charge in [0.05, 0.1) is 0 Å². The van der Waals surface area contributed by atoms with Crippen molar-refractivity contribution < 1.29 is 4.79 Å². The van der Waals surface area contributed by atoms with Crippen molar-refractivity contribution in [1.29, 1.82) is 0 Å². The first-order valence-corrected chi connectivity index (χ1v) is 5.37. The minimum absolute atomic E-state index is 0.0835. The van der Waals surface area contributed by atoms with Crippen LogP contribution in [0.15, 0.2) is 12.3 Å². The number of nitrogens with zero attached hydrogens (tertiary/aromatic N) is 1. The van der Waals surface area contributed by atoms with Gasteiger partial charge in [-0.1, -0.05) is 6.42 Å². The summed E-state index contributed by atoms with van der Waals surface area (Å²) < 4.78 is 0. The van der Waals surface area contributed by atoms with E-state index in [-0.39, 0.29) is 5.91 Å². The number of hydrogen-bond acceptors (Lipinski definition) is 3. The summed E-state index contributed by atoms with van der Waals surface area (Å²) >= 11 is 0. The van der Waals surface area contributed by atoms with Crippen LogP contribution in [-0.2, 0) is 0 Å². The Morgan fingerprint density at radius 2 is 2.53 bits per heavy atom. The van der Waals surface area contributed by atoms with Crippen molar-refractivity contribution in [2.45, 2.75) is 25.3 Å². The Labute approximate surface area is 88.6 Å². The van der Waals surface area contributed by atoms with E-state index in [1.807, 2.05) is 0 Å². The predicted octanol–water partition coefficient (Wildman–Crippen LogP) is 0.282. The fourth-order valence-corrected chi connectivity index (χ4v) is 1.79. The molecular weight excluding hydrogens is 192 g/mol. The van der Waals surface area contributed by atoms with Crippen LogP contribution in [0.25, 0.3) is 0 Å². The quantitative estimate of drug-likeness (QED) is 0.668. The van der Waals surface area contributed by atoms with Gasteiger partial charge in [-0.15, -0.1) is 0 Å². The van der Waals surface area contributed by atoms with Gasteiger partial charge in [0, 0.05) is 18.8 Å². The van der Waals surface area contributed by atoms with Crippen molar-refractivity contribution in [1.82, 2.24) is 20.8 Å². The number of nitrogens with one attached hydrogen (secondary N) is 3. The molecule has 0 aromatic carbocycles. The number of rotatable bonds is 3. The molecule has 82 valence electrons. The van der Waals surface area contributed by atoms with Crippen LogP contribution in [0.1, 0.15) is 29.8 Å². The van der Waals surface area contributed by atoms with E-state index in [1.165, 1.54) is 12.8 Å². The summed E-state index contributed by atoms with van der Waals surface area (Å²) in [4.78, 5) is 11.5. The van der Waals surface area contributed by atoms with Gasteiger partial charge in [-0.2, -0.15) is 5.10 Å². The molecule has 1 aromatic heterocycles. The van der Waals surface area contributed by atoms with E-state index in [0.717, 1.165) is 13.0 Å². The summed E-state index contributed by atoms with van der Waals surface area (Å²) in [6.07, 6.45) is 5.21. The first-order chi connectivity index (χ1) is 7.36. The van der Waals surface area contributed by atoms with Crippen LogP contribution in [0, 0.1) is 0 Å². The zero-order valence-corrected chi connectivity index (χ0v) is 8.62. The fourth-order valence-electron chi connectivity index (χ4n) is 1.79. The monoisotopic (exact) mass is 208 g/mol. The van der Waals surface area contributed by atoms with Crippen molar-refractivity contribution in [3.8, 4) is 0 Å². The Morgan fingerprint density at radius 1 is 1.60 bits per heavy atom. The van der Waals surface area contributed by atoms with Gasteiger partial charge in [-0.25, -0.2) is 0 Å². The van der Waals surface area contributed by atoms with Gasteiger partial charge in [0.1, 0.15) is 5.69 Å². The first kappa shape index (κ1) is 10.2. The molecular formula is C10H16N4O. The van der Waals surface area contributed by atoms with E-state index in [2.05, 4.69) is 20.8 Å². The highest BCUT2D eigenvalue weighted by atomic mass is 16.1. The molecule has 15 heavy (non-hydrogen) atoms. The summed E-state index contributed by atoms with van der Waals surface area (Å²) in [6, 6.07) is 2.09. The summed E-state index contributed by atoms with van der Waals surface area (Å²) in [5.74, 6) is -0.0835. The Morgan fingerprint density at radius 3 is 3.20 bits per heavy atom. The molecule has 1 unspecified atom stereocenters. The van der Waals surface area contributed by atoms with Gasteiger partial charge in [-0.05, 0) is 25.5 Å². The molecule has 1 saturated heterocycles. The molecule has 1 aliphatic rings. The third-order valence-electron chi connectivity index (χ3n) is 2.67. The Kier molecular flexibility index (Phi) is 3.34. The molecule has 2 rings (SSSR count). The van der Waals surface area contributed by atoms with Crippen LogP contribution in [0.3, 0.4) is 0 Å². The average molecular weight is 208 g/mol. The first-order valence-electron chi connectivity index (χ1n) is 5.37. The van der Waals surface area contributed by atoms with Gasteiger partial charge in [0.2, 0.25) is 0 Å². The lowest BCUT2D eigenvalue weighted by Crippen LogP contribution is -2.43. The van der Waals surface area contributed by atoms with Crippen LogP contribution in [-0.4, -0.2) is 35.2 Å². The van der Waals surface area contributed by atoms with E-state index in [0.29, 0.717) is 18.3 Å². The van der Waals surface area contributed by atoms with Gasteiger partial charge in [0.25, 0.3) is 5.91 Å². The highest BCUT2D eigenvalue weighted by Gasteiger charge is 2.14. The normalized spacial score (nSPS) is 21.2. The zero-order valence-electron chi connectivity index (χ0n) is 8.62. The highest BCUT2D eigenvalue weighted by molar-refractivity contribution is 5.92. The number of aromatic nitrogens is 2. The molecule has 5 nitrogen and oxygen atoms in total. The van der Waals surface area contributed by atoms with Crippen molar-refractivity contribution >= 4 is 5.91 Å². The lowest BCUT2D eigenvalue weighted by atomic mass is 10.1. The highest BCUT2D eigenvalue weighted by Crippen LogP contribution is 2.05. The van der Waals surface area contributed by atoms with E-state index >= 15 is 0 Å². The second-order valence-corrected chi connectivity index (χ2v) is 3.83. The van der Waals surface area contributed by atoms with Crippen molar-refractivity contribution in [2.75, 3.05) is 13.1 Å². The maximum Gasteiger partial charge on any atom is 0.269 e. The SMILES string of the molecule is O=C(NCC1CCCCN1)c1ccn[nH]1. The lowest BCUT2D eigenvalue weighted by molar-refractivity contribution is 0.0942. The molecule has 5 heteroatoms. The van der Waals surface area contributed by atoms with Gasteiger partial charge < -0.3 is 10.6 Å². The van der Waals surface area contributed by atoms with Gasteiger partial charge >= 0.3 is 0 Å². The number of aromatic amines is 1. The van der Waals surface area contributed by atoms with Crippen LogP contribution in [0.4, 0.5) is 0 Å². The summed E-state index contributed by atoms with van der Waals surface area (Å²) in [5.41, 5.74) is 0.519. The van der Waals surface area contributed by atoms with Crippen LogP contribution in [0.5, 0.6) is 0 Å². The molecule has 1 amide bonds. The number of carbonyl (C=O) groups is 1. The second kappa shape index (κ2) is 4.93. The third-order valence-corrected chi connectivity index (χ3v) is 2.67. The van der Waals surface area contributed by atoms with E-state index in [1.54, 1.807) is 12.3 Å². The van der Waals surface area contributed by atoms with Gasteiger partial charge in [-0.3, -0.25) is 9.89 Å². The molecule has 1 atom stereocenters. The van der Waals surface area contributed by atoms with Crippen LogP contribution >= 0.6 is 0 Å². The molecule has 0 bridgehead atoms. The molecule has 1 aromatic rings. The van der Waals surface area contributed by atoms with Crippen molar-refractivity contribution in [3.05, 3.63) is 18.0 Å². The standard InChI is InChI=1S/C10H16N4O/c15-10(9-4-6-13-14-9)12-7-8-3-1-2-5-11-8/h4,6,8,11H,1-3,5,7H2,(H,12,15)(H,13,14). The van der Waals surface area contributed by atoms with E-state index in [4.69, 9.17) is 0 Å². The topological polar surface area (TPSA) is 69.8 Å². The van der Waals surface area contributed by atoms with Crippen molar-refractivity contribution in [3.63, 3.8) is 0 Å². The van der Waals surface area contributed by atoms with E-state index < -0.39 is 0 Å². The second-order valence-electron chi connectivity index (χ2n) is 3.83. The van der Waals surface area contributed by atoms with E-state index in [9.17, 15) is 4.79 Å². The number of H-pyrrole nitrogens is 1. The summed E-state index contributed by atoms with van der Waals surface area (Å²) in [5, 5.41) is 12.6. The molecule has 0 saturated carbocycles. The molecule has 0 radical (unpaired) electrons. The molecule has 0 aliphatic carbocycles. The Bertz CT molecular complexity index is 303. The Hall–Kier alpha value is -1.36. The number of carbonyl (C=O) groups excluding carboxylic acids is 1. The number of piperidine rings is 1. The smallest absolute Gasteiger partial charge is 0.269 e. The fraction of sp³-hybridized carbons (Fsp3) is 0.600. The molecule has 3 N–H and O–H groups in total. The zero-order chi connectivity index (χ0) is 10.5. The van der Waals surface area contributed by atoms with Crippen LogP contribution < -0.4 is 10.6 Å². The number of hydrogen-bond donors (Lipinski definition) is 3. The maximum atomic E-state index is 11.5. The number of amides is 1. The minimum Gasteiger partial charge on any atom is -0.349 e. The Balaban J connectivity index is 1.75. The largest absolute Gasteiger partial charge is 0.349 e. The van der Waals surface area contributed by atoms with Crippen LogP contribution in [0.2, 0.25) is 0 Å². The summed E-state index contributed by atoms with van der Waals surface area (Å²) in [7, 11) is 0. The van der Waals surface area contributed by atoms with Gasteiger partial charge in [0.15, 0.2) is 0 Å². The lowest BCUT2D eigenvalue weighted by Gasteiger charge is -2.23. The average Bonchev–Trinajstić information content (AvgIpc) is 2.81.